The number of aliphatic hydroxyl groups excluding tert-OH is 1. The van der Waals surface area contributed by atoms with Crippen molar-refractivity contribution in [3.8, 4) is 0 Å². The molecule has 1 heterocycles. The van der Waals surface area contributed by atoms with Gasteiger partial charge in [-0.05, 0) is 6.42 Å². The minimum absolute atomic E-state index is 0.0590. The molecule has 13 heavy (non-hydrogen) atoms. The zero-order valence-corrected chi connectivity index (χ0v) is 8.39. The number of sulfonamides is 1. The minimum Gasteiger partial charge on any atom is -0.396 e. The van der Waals surface area contributed by atoms with Gasteiger partial charge in [-0.2, -0.15) is 4.31 Å². The van der Waals surface area contributed by atoms with E-state index < -0.39 is 10.0 Å². The number of piperazine rings is 1. The van der Waals surface area contributed by atoms with E-state index in [-0.39, 0.29) is 12.4 Å². The Morgan fingerprint density at radius 1 is 1.31 bits per heavy atom. The quantitative estimate of drug-likeness (QED) is 0.596. The van der Waals surface area contributed by atoms with Gasteiger partial charge in [0.2, 0.25) is 10.0 Å². The third-order valence-electron chi connectivity index (χ3n) is 2.03. The number of nitrogens with one attached hydrogen (secondary N) is 1. The van der Waals surface area contributed by atoms with Gasteiger partial charge in [0.25, 0.3) is 0 Å². The van der Waals surface area contributed by atoms with Crippen LogP contribution < -0.4 is 5.32 Å². The standard InChI is InChI=1S/C7H16N2O3S/c10-6-1-7-13(11,12)9-4-2-8-3-5-9/h8,10H,1-7H2. The van der Waals surface area contributed by atoms with Crippen LogP contribution in [0, 0.1) is 0 Å². The summed E-state index contributed by atoms with van der Waals surface area (Å²) < 4.78 is 24.5. The first-order valence-corrected chi connectivity index (χ1v) is 6.07. The molecule has 1 aliphatic heterocycles. The van der Waals surface area contributed by atoms with E-state index in [0.717, 1.165) is 13.1 Å². The maximum absolute atomic E-state index is 11.5. The molecule has 0 aromatic carbocycles. The van der Waals surface area contributed by atoms with Gasteiger partial charge in [0.15, 0.2) is 0 Å². The lowest BCUT2D eigenvalue weighted by atomic mass is 10.4. The summed E-state index contributed by atoms with van der Waals surface area (Å²) in [6.07, 6.45) is 0.326. The molecular formula is C7H16N2O3S. The van der Waals surface area contributed by atoms with E-state index >= 15 is 0 Å². The summed E-state index contributed by atoms with van der Waals surface area (Å²) in [7, 11) is -3.11. The maximum Gasteiger partial charge on any atom is 0.214 e. The first kappa shape index (κ1) is 10.9. The highest BCUT2D eigenvalue weighted by atomic mass is 32.2. The highest BCUT2D eigenvalue weighted by molar-refractivity contribution is 7.89. The van der Waals surface area contributed by atoms with Crippen molar-refractivity contribution < 1.29 is 13.5 Å². The van der Waals surface area contributed by atoms with Crippen LogP contribution in [0.3, 0.4) is 0 Å². The molecule has 1 saturated heterocycles. The second kappa shape index (κ2) is 4.90. The zero-order valence-electron chi connectivity index (χ0n) is 7.57. The summed E-state index contributed by atoms with van der Waals surface area (Å²) in [5.74, 6) is 0.0590. The SMILES string of the molecule is O=S(=O)(CCCO)N1CCNCC1. The fourth-order valence-electron chi connectivity index (χ4n) is 1.30. The van der Waals surface area contributed by atoms with Gasteiger partial charge in [-0.25, -0.2) is 8.42 Å². The van der Waals surface area contributed by atoms with E-state index in [0.29, 0.717) is 19.5 Å². The zero-order chi connectivity index (χ0) is 9.73. The molecule has 0 aromatic rings. The van der Waals surface area contributed by atoms with Gasteiger partial charge in [0.05, 0.1) is 5.75 Å². The summed E-state index contributed by atoms with van der Waals surface area (Å²) in [4.78, 5) is 0. The van der Waals surface area contributed by atoms with E-state index in [4.69, 9.17) is 5.11 Å². The lowest BCUT2D eigenvalue weighted by molar-refractivity contribution is 0.293. The summed E-state index contributed by atoms with van der Waals surface area (Å²) in [6, 6.07) is 0. The number of hydrogen-bond donors (Lipinski definition) is 2. The van der Waals surface area contributed by atoms with E-state index in [1.165, 1.54) is 4.31 Å². The van der Waals surface area contributed by atoms with Gasteiger partial charge >= 0.3 is 0 Å². The predicted octanol–water partition coefficient (Wildman–Crippen LogP) is -1.40. The van der Waals surface area contributed by atoms with Gasteiger partial charge in [0.1, 0.15) is 0 Å². The van der Waals surface area contributed by atoms with Crippen molar-refractivity contribution in [2.75, 3.05) is 38.5 Å². The molecule has 0 aliphatic carbocycles. The number of aliphatic hydroxyl groups is 1. The Morgan fingerprint density at radius 3 is 2.46 bits per heavy atom. The number of rotatable bonds is 4. The van der Waals surface area contributed by atoms with Gasteiger partial charge in [-0.3, -0.25) is 0 Å². The van der Waals surface area contributed by atoms with Crippen LogP contribution in [-0.2, 0) is 10.0 Å². The lowest BCUT2D eigenvalue weighted by Gasteiger charge is -2.26. The van der Waals surface area contributed by atoms with Crippen molar-refractivity contribution in [3.05, 3.63) is 0 Å². The Hall–Kier alpha value is -0.170. The number of hydrogen-bond acceptors (Lipinski definition) is 4. The Labute approximate surface area is 78.8 Å². The molecule has 0 radical (unpaired) electrons. The van der Waals surface area contributed by atoms with E-state index in [1.54, 1.807) is 0 Å². The molecule has 1 fully saturated rings. The molecule has 1 rings (SSSR count). The van der Waals surface area contributed by atoms with Gasteiger partial charge in [0, 0.05) is 32.8 Å². The molecule has 0 unspecified atom stereocenters. The van der Waals surface area contributed by atoms with Crippen LogP contribution in [0.5, 0.6) is 0 Å². The molecule has 78 valence electrons. The van der Waals surface area contributed by atoms with Crippen molar-refractivity contribution in [1.82, 2.24) is 9.62 Å². The predicted molar refractivity (Wildman–Crippen MR) is 49.9 cm³/mol. The molecule has 6 heteroatoms. The fourth-order valence-corrected chi connectivity index (χ4v) is 2.79. The molecule has 0 bridgehead atoms. The summed E-state index contributed by atoms with van der Waals surface area (Å²) in [5.41, 5.74) is 0. The smallest absolute Gasteiger partial charge is 0.214 e. The molecule has 5 nitrogen and oxygen atoms in total. The van der Waals surface area contributed by atoms with Crippen molar-refractivity contribution >= 4 is 10.0 Å². The van der Waals surface area contributed by atoms with Gasteiger partial charge in [-0.1, -0.05) is 0 Å². The lowest BCUT2D eigenvalue weighted by Crippen LogP contribution is -2.47. The Morgan fingerprint density at radius 2 is 1.92 bits per heavy atom. The number of nitrogens with zero attached hydrogens (tertiary/aromatic N) is 1. The summed E-state index contributed by atoms with van der Waals surface area (Å²) >= 11 is 0. The van der Waals surface area contributed by atoms with Crippen molar-refractivity contribution in [2.24, 2.45) is 0 Å². The molecule has 0 spiro atoms. The Balaban J connectivity index is 2.47. The van der Waals surface area contributed by atoms with Gasteiger partial charge in [-0.15, -0.1) is 0 Å². The first-order chi connectivity index (χ1) is 6.17. The molecule has 0 saturated carbocycles. The maximum atomic E-state index is 11.5. The average molecular weight is 208 g/mol. The van der Waals surface area contributed by atoms with Crippen LogP contribution in [0.2, 0.25) is 0 Å². The molecular weight excluding hydrogens is 192 g/mol. The Kier molecular flexibility index (Phi) is 4.11. The molecule has 0 aromatic heterocycles. The van der Waals surface area contributed by atoms with Crippen LogP contribution in [0.15, 0.2) is 0 Å². The highest BCUT2D eigenvalue weighted by Gasteiger charge is 2.22. The molecule has 2 N–H and O–H groups in total. The van der Waals surface area contributed by atoms with Crippen LogP contribution in [0.1, 0.15) is 6.42 Å². The van der Waals surface area contributed by atoms with Gasteiger partial charge < -0.3 is 10.4 Å². The molecule has 0 amide bonds. The largest absolute Gasteiger partial charge is 0.396 e. The normalized spacial score (nSPS) is 20.4. The van der Waals surface area contributed by atoms with E-state index in [1.807, 2.05) is 0 Å². The van der Waals surface area contributed by atoms with Crippen molar-refractivity contribution in [1.29, 1.82) is 0 Å². The van der Waals surface area contributed by atoms with Crippen LogP contribution >= 0.6 is 0 Å². The summed E-state index contributed by atoms with van der Waals surface area (Å²) in [5, 5.41) is 11.6. The van der Waals surface area contributed by atoms with Crippen LogP contribution in [0.25, 0.3) is 0 Å². The first-order valence-electron chi connectivity index (χ1n) is 4.46. The second-order valence-corrected chi connectivity index (χ2v) is 5.13. The molecule has 0 atom stereocenters. The van der Waals surface area contributed by atoms with Crippen LogP contribution in [0.4, 0.5) is 0 Å². The third-order valence-corrected chi connectivity index (χ3v) is 3.99. The minimum atomic E-state index is -3.11. The molecule has 1 aliphatic rings. The average Bonchev–Trinajstić information content (AvgIpc) is 2.16. The van der Waals surface area contributed by atoms with Crippen molar-refractivity contribution in [2.45, 2.75) is 6.42 Å². The Bertz CT molecular complexity index is 234. The topological polar surface area (TPSA) is 69.6 Å². The van der Waals surface area contributed by atoms with Crippen molar-refractivity contribution in [3.63, 3.8) is 0 Å². The van der Waals surface area contributed by atoms with E-state index in [9.17, 15) is 8.42 Å². The second-order valence-electron chi connectivity index (χ2n) is 3.04. The monoisotopic (exact) mass is 208 g/mol. The highest BCUT2D eigenvalue weighted by Crippen LogP contribution is 2.04. The summed E-state index contributed by atoms with van der Waals surface area (Å²) in [6.45, 7) is 2.48. The van der Waals surface area contributed by atoms with Crippen LogP contribution in [-0.4, -0.2) is 56.4 Å². The fraction of sp³-hybridized carbons (Fsp3) is 1.00. The third kappa shape index (κ3) is 3.22. The van der Waals surface area contributed by atoms with E-state index in [2.05, 4.69) is 5.32 Å².